The first kappa shape index (κ1) is 29.0. The molecule has 2 heterocycles. The molecule has 0 saturated carbocycles. The maximum absolute atomic E-state index is 6.63. The van der Waals surface area contributed by atoms with Gasteiger partial charge in [0, 0.05) is 27.5 Å². The molecular weight excluding hydrogens is 623 g/mol. The van der Waals surface area contributed by atoms with Gasteiger partial charge in [0.2, 0.25) is 0 Å². The summed E-state index contributed by atoms with van der Waals surface area (Å²) in [4.78, 5) is 15.5. The van der Waals surface area contributed by atoms with E-state index in [0.717, 1.165) is 71.3 Å². The average molecular weight is 652 g/mol. The van der Waals surface area contributed by atoms with E-state index in [0.29, 0.717) is 17.5 Å². The molecular formula is C47H29N3O. The highest BCUT2D eigenvalue weighted by molar-refractivity contribution is 6.16. The molecule has 2 aromatic heterocycles. The molecule has 0 bridgehead atoms. The minimum Gasteiger partial charge on any atom is -0.456 e. The van der Waals surface area contributed by atoms with Crippen LogP contribution in [-0.2, 0) is 0 Å². The van der Waals surface area contributed by atoms with E-state index in [1.165, 1.54) is 11.1 Å². The highest BCUT2D eigenvalue weighted by atomic mass is 16.3. The molecule has 4 heteroatoms. The van der Waals surface area contributed by atoms with Crippen molar-refractivity contribution in [2.75, 3.05) is 0 Å². The van der Waals surface area contributed by atoms with E-state index in [1.54, 1.807) is 0 Å². The molecule has 8 aromatic carbocycles. The van der Waals surface area contributed by atoms with E-state index >= 15 is 0 Å². The van der Waals surface area contributed by atoms with Crippen molar-refractivity contribution in [3.63, 3.8) is 0 Å². The van der Waals surface area contributed by atoms with E-state index in [2.05, 4.69) is 133 Å². The van der Waals surface area contributed by atoms with Gasteiger partial charge in [-0.15, -0.1) is 0 Å². The Hall–Kier alpha value is -6.91. The van der Waals surface area contributed by atoms with Gasteiger partial charge in [0.25, 0.3) is 0 Å². The first-order valence-corrected chi connectivity index (χ1v) is 17.1. The van der Waals surface area contributed by atoms with Crippen LogP contribution in [0.2, 0.25) is 0 Å². The van der Waals surface area contributed by atoms with E-state index in [-0.39, 0.29) is 0 Å². The first-order chi connectivity index (χ1) is 25.2. The van der Waals surface area contributed by atoms with E-state index in [1.807, 2.05) is 42.5 Å². The van der Waals surface area contributed by atoms with Gasteiger partial charge >= 0.3 is 0 Å². The Kier molecular flexibility index (Phi) is 6.78. The third-order valence-electron chi connectivity index (χ3n) is 9.66. The second-order valence-corrected chi connectivity index (χ2v) is 12.9. The normalized spacial score (nSPS) is 11.5. The van der Waals surface area contributed by atoms with Gasteiger partial charge in [0.1, 0.15) is 11.2 Å². The minimum absolute atomic E-state index is 0.594. The SMILES string of the molecule is c1ccc(-c2ccc3cc(-c4nc(-c5ccccc5)nc(-c5cc(-c6ccccc6)cc6oc7cc8ccccc8cc7c56)n4)ccc3c2)cc1. The second kappa shape index (κ2) is 11.9. The summed E-state index contributed by atoms with van der Waals surface area (Å²) in [5, 5.41) is 6.58. The maximum Gasteiger partial charge on any atom is 0.164 e. The highest BCUT2D eigenvalue weighted by Crippen LogP contribution is 2.41. The molecule has 0 aliphatic heterocycles. The van der Waals surface area contributed by atoms with Crippen LogP contribution in [0.25, 0.3) is 99.9 Å². The van der Waals surface area contributed by atoms with Crippen molar-refractivity contribution in [2.24, 2.45) is 0 Å². The van der Waals surface area contributed by atoms with Gasteiger partial charge in [-0.05, 0) is 80.2 Å². The first-order valence-electron chi connectivity index (χ1n) is 17.1. The smallest absolute Gasteiger partial charge is 0.164 e. The van der Waals surface area contributed by atoms with E-state index in [4.69, 9.17) is 19.4 Å². The Morgan fingerprint density at radius 2 is 0.824 bits per heavy atom. The topological polar surface area (TPSA) is 51.8 Å². The van der Waals surface area contributed by atoms with Gasteiger partial charge in [0.05, 0.1) is 0 Å². The predicted octanol–water partition coefficient (Wildman–Crippen LogP) is 12.4. The lowest BCUT2D eigenvalue weighted by atomic mass is 9.97. The molecule has 0 aliphatic rings. The summed E-state index contributed by atoms with van der Waals surface area (Å²) in [5.74, 6) is 1.83. The second-order valence-electron chi connectivity index (χ2n) is 12.9. The van der Waals surface area contributed by atoms with Gasteiger partial charge < -0.3 is 4.42 Å². The van der Waals surface area contributed by atoms with E-state index in [9.17, 15) is 0 Å². The van der Waals surface area contributed by atoms with Crippen LogP contribution in [0, 0.1) is 0 Å². The van der Waals surface area contributed by atoms with Crippen LogP contribution in [0.15, 0.2) is 180 Å². The third kappa shape index (κ3) is 5.22. The van der Waals surface area contributed by atoms with Crippen molar-refractivity contribution in [3.8, 4) is 56.4 Å². The lowest BCUT2D eigenvalue weighted by Gasteiger charge is -2.12. The molecule has 0 unspecified atom stereocenters. The summed E-state index contributed by atoms with van der Waals surface area (Å²) in [6.45, 7) is 0. The fourth-order valence-corrected chi connectivity index (χ4v) is 7.10. The molecule has 238 valence electrons. The molecule has 51 heavy (non-hydrogen) atoms. The molecule has 0 radical (unpaired) electrons. The van der Waals surface area contributed by atoms with Crippen molar-refractivity contribution >= 4 is 43.5 Å². The maximum atomic E-state index is 6.63. The molecule has 4 nitrogen and oxygen atoms in total. The number of hydrogen-bond donors (Lipinski definition) is 0. The molecule has 0 amide bonds. The fourth-order valence-electron chi connectivity index (χ4n) is 7.10. The third-order valence-corrected chi connectivity index (χ3v) is 9.66. The summed E-state index contributed by atoms with van der Waals surface area (Å²) < 4.78 is 6.63. The van der Waals surface area contributed by atoms with Gasteiger partial charge in [-0.25, -0.2) is 15.0 Å². The molecule has 10 rings (SSSR count). The van der Waals surface area contributed by atoms with Crippen molar-refractivity contribution in [3.05, 3.63) is 176 Å². The Balaban J connectivity index is 1.21. The summed E-state index contributed by atoms with van der Waals surface area (Å²) in [7, 11) is 0. The highest BCUT2D eigenvalue weighted by Gasteiger charge is 2.20. The van der Waals surface area contributed by atoms with Gasteiger partial charge in [-0.1, -0.05) is 140 Å². The van der Waals surface area contributed by atoms with Crippen LogP contribution in [0.3, 0.4) is 0 Å². The largest absolute Gasteiger partial charge is 0.456 e. The van der Waals surface area contributed by atoms with E-state index < -0.39 is 0 Å². The molecule has 0 saturated heterocycles. The zero-order chi connectivity index (χ0) is 33.7. The van der Waals surface area contributed by atoms with Crippen molar-refractivity contribution in [1.82, 2.24) is 15.0 Å². The number of rotatable bonds is 5. The van der Waals surface area contributed by atoms with Gasteiger partial charge in [-0.3, -0.25) is 0 Å². The number of benzene rings is 8. The molecule has 10 aromatic rings. The number of fused-ring (bicyclic) bond motifs is 5. The number of hydrogen-bond acceptors (Lipinski definition) is 4. The van der Waals surface area contributed by atoms with Crippen LogP contribution in [0.4, 0.5) is 0 Å². The monoisotopic (exact) mass is 651 g/mol. The Morgan fingerprint density at radius 1 is 0.314 bits per heavy atom. The Bertz CT molecular complexity index is 2900. The lowest BCUT2D eigenvalue weighted by Crippen LogP contribution is -2.00. The summed E-state index contributed by atoms with van der Waals surface area (Å²) >= 11 is 0. The molecule has 0 fully saturated rings. The number of nitrogens with zero attached hydrogens (tertiary/aromatic N) is 3. The molecule has 0 atom stereocenters. The molecule has 0 N–H and O–H groups in total. The summed E-state index contributed by atoms with van der Waals surface area (Å²) in [6.07, 6.45) is 0. The Labute approximate surface area is 294 Å². The zero-order valence-corrected chi connectivity index (χ0v) is 27.5. The van der Waals surface area contributed by atoms with Gasteiger partial charge in [0.15, 0.2) is 17.5 Å². The van der Waals surface area contributed by atoms with Crippen molar-refractivity contribution < 1.29 is 4.42 Å². The number of aromatic nitrogens is 3. The van der Waals surface area contributed by atoms with Gasteiger partial charge in [-0.2, -0.15) is 0 Å². The van der Waals surface area contributed by atoms with Crippen molar-refractivity contribution in [2.45, 2.75) is 0 Å². The summed E-state index contributed by atoms with van der Waals surface area (Å²) in [5.41, 5.74) is 8.88. The van der Waals surface area contributed by atoms with Crippen LogP contribution >= 0.6 is 0 Å². The zero-order valence-electron chi connectivity index (χ0n) is 27.5. The quantitative estimate of drug-likeness (QED) is 0.186. The average Bonchev–Trinajstić information content (AvgIpc) is 3.57. The predicted molar refractivity (Wildman–Crippen MR) is 209 cm³/mol. The summed E-state index contributed by atoms with van der Waals surface area (Å²) in [6, 6.07) is 61.1. The van der Waals surface area contributed by atoms with Crippen LogP contribution < -0.4 is 0 Å². The standard InChI is InChI=1S/C47H29N3O/c1-4-12-30(13-5-1)35-20-21-37-25-38(23-22-36(37)24-35)46-48-45(32-16-8-3-9-17-32)49-47(50-46)41-27-39(31-14-6-2-7-15-31)29-43-44(41)40-26-33-18-10-11-19-34(33)28-42(40)51-43/h1-29H. The van der Waals surface area contributed by atoms with Crippen LogP contribution in [0.1, 0.15) is 0 Å². The molecule has 0 aliphatic carbocycles. The fraction of sp³-hybridized carbons (Fsp3) is 0. The Morgan fingerprint density at radius 3 is 1.51 bits per heavy atom. The van der Waals surface area contributed by atoms with Crippen molar-refractivity contribution in [1.29, 1.82) is 0 Å². The number of furan rings is 1. The van der Waals surface area contributed by atoms with Crippen LogP contribution in [0.5, 0.6) is 0 Å². The minimum atomic E-state index is 0.594. The molecule has 0 spiro atoms. The lowest BCUT2D eigenvalue weighted by molar-refractivity contribution is 0.669. The van der Waals surface area contributed by atoms with Crippen LogP contribution in [-0.4, -0.2) is 15.0 Å².